The topological polar surface area (TPSA) is 44.0 Å². The van der Waals surface area contributed by atoms with Gasteiger partial charge in [-0.3, -0.25) is 0 Å². The van der Waals surface area contributed by atoms with Crippen molar-refractivity contribution in [2.45, 2.75) is 18.5 Å². The second-order valence-electron chi connectivity index (χ2n) is 3.28. The zero-order chi connectivity index (χ0) is 12.2. The van der Waals surface area contributed by atoms with E-state index in [2.05, 4.69) is 0 Å². The molecule has 0 spiro atoms. The fourth-order valence-corrected chi connectivity index (χ4v) is 1.48. The van der Waals surface area contributed by atoms with Crippen LogP contribution in [0.1, 0.15) is 23.5 Å². The Kier molecular flexibility index (Phi) is 3.91. The minimum absolute atomic E-state index is 0.00356. The predicted octanol–water partition coefficient (Wildman–Crippen LogP) is 2.69. The first-order chi connectivity index (χ1) is 7.50. The van der Waals surface area contributed by atoms with Gasteiger partial charge >= 0.3 is 6.18 Å². The summed E-state index contributed by atoms with van der Waals surface area (Å²) in [5.41, 5.74) is -0.887. The zero-order valence-corrected chi connectivity index (χ0v) is 8.33. The van der Waals surface area contributed by atoms with Crippen LogP contribution in [0.2, 0.25) is 0 Å². The van der Waals surface area contributed by atoms with Crippen LogP contribution in [0.3, 0.4) is 0 Å². The monoisotopic (exact) mass is 229 g/mol. The number of hydrogen-bond donors (Lipinski definition) is 1. The van der Waals surface area contributed by atoms with Gasteiger partial charge in [-0.2, -0.15) is 18.4 Å². The fourth-order valence-electron chi connectivity index (χ4n) is 1.48. The van der Waals surface area contributed by atoms with Gasteiger partial charge < -0.3 is 5.11 Å². The highest BCUT2D eigenvalue weighted by atomic mass is 19.4. The Hall–Kier alpha value is -1.54. The first kappa shape index (κ1) is 12.5. The van der Waals surface area contributed by atoms with Crippen LogP contribution >= 0.6 is 0 Å². The lowest BCUT2D eigenvalue weighted by Gasteiger charge is -2.15. The Labute approximate surface area is 90.9 Å². The molecule has 1 N–H and O–H groups in total. The molecule has 0 saturated carbocycles. The number of aliphatic hydroxyl groups is 1. The van der Waals surface area contributed by atoms with Crippen LogP contribution in [0.4, 0.5) is 13.2 Å². The molecule has 0 bridgehead atoms. The molecule has 1 unspecified atom stereocenters. The first-order valence-corrected chi connectivity index (χ1v) is 4.67. The molecule has 2 nitrogen and oxygen atoms in total. The van der Waals surface area contributed by atoms with Crippen molar-refractivity contribution in [1.29, 1.82) is 5.26 Å². The number of hydrogen-bond acceptors (Lipinski definition) is 2. The number of benzene rings is 1. The summed E-state index contributed by atoms with van der Waals surface area (Å²) in [7, 11) is 0. The minimum Gasteiger partial charge on any atom is -0.396 e. The lowest BCUT2D eigenvalue weighted by molar-refractivity contribution is -0.138. The van der Waals surface area contributed by atoms with Gasteiger partial charge in [0.05, 0.1) is 17.6 Å². The Morgan fingerprint density at radius 1 is 1.31 bits per heavy atom. The third-order valence-corrected chi connectivity index (χ3v) is 2.22. The van der Waals surface area contributed by atoms with Crippen molar-refractivity contribution in [3.05, 3.63) is 35.4 Å². The Balaban J connectivity index is 3.18. The number of nitriles is 1. The number of rotatable bonds is 3. The molecule has 0 amide bonds. The fraction of sp³-hybridized carbons (Fsp3) is 0.364. The highest BCUT2D eigenvalue weighted by molar-refractivity contribution is 5.35. The second kappa shape index (κ2) is 4.99. The molecule has 0 heterocycles. The summed E-state index contributed by atoms with van der Waals surface area (Å²) in [4.78, 5) is 0. The van der Waals surface area contributed by atoms with Gasteiger partial charge in [-0.25, -0.2) is 0 Å². The number of aliphatic hydroxyl groups excluding tert-OH is 1. The lowest BCUT2D eigenvalue weighted by atomic mass is 9.92. The van der Waals surface area contributed by atoms with E-state index >= 15 is 0 Å². The van der Waals surface area contributed by atoms with Crippen molar-refractivity contribution in [1.82, 2.24) is 0 Å². The summed E-state index contributed by atoms with van der Waals surface area (Å²) in [5, 5.41) is 17.5. The second-order valence-corrected chi connectivity index (χ2v) is 3.28. The highest BCUT2D eigenvalue weighted by Gasteiger charge is 2.34. The Bertz CT molecular complexity index is 395. The maximum atomic E-state index is 12.6. The third-order valence-electron chi connectivity index (χ3n) is 2.22. The average Bonchev–Trinajstić information content (AvgIpc) is 2.25. The first-order valence-electron chi connectivity index (χ1n) is 4.67. The van der Waals surface area contributed by atoms with E-state index < -0.39 is 17.7 Å². The van der Waals surface area contributed by atoms with E-state index in [1.165, 1.54) is 18.2 Å². The molecule has 86 valence electrons. The molecule has 0 aromatic heterocycles. The van der Waals surface area contributed by atoms with Crippen LogP contribution < -0.4 is 0 Å². The van der Waals surface area contributed by atoms with Gasteiger partial charge in [-0.05, 0) is 18.1 Å². The smallest absolute Gasteiger partial charge is 0.396 e. The van der Waals surface area contributed by atoms with Crippen molar-refractivity contribution in [3.63, 3.8) is 0 Å². The Morgan fingerprint density at radius 2 is 1.94 bits per heavy atom. The van der Waals surface area contributed by atoms with E-state index in [9.17, 15) is 13.2 Å². The van der Waals surface area contributed by atoms with Crippen molar-refractivity contribution < 1.29 is 18.3 Å². The van der Waals surface area contributed by atoms with Crippen molar-refractivity contribution in [3.8, 4) is 6.07 Å². The molecular formula is C11H10F3NO. The predicted molar refractivity (Wildman–Crippen MR) is 51.5 cm³/mol. The molecule has 5 heteroatoms. The highest BCUT2D eigenvalue weighted by Crippen LogP contribution is 2.35. The van der Waals surface area contributed by atoms with Crippen molar-refractivity contribution >= 4 is 0 Å². The van der Waals surface area contributed by atoms with Gasteiger partial charge in [-0.1, -0.05) is 18.2 Å². The summed E-state index contributed by atoms with van der Waals surface area (Å²) in [6, 6.07) is 6.71. The van der Waals surface area contributed by atoms with Crippen LogP contribution in [0.15, 0.2) is 24.3 Å². The summed E-state index contributed by atoms with van der Waals surface area (Å²) >= 11 is 0. The Morgan fingerprint density at radius 3 is 2.44 bits per heavy atom. The van der Waals surface area contributed by atoms with Gasteiger partial charge in [0.1, 0.15) is 0 Å². The van der Waals surface area contributed by atoms with E-state index in [-0.39, 0.29) is 18.6 Å². The third kappa shape index (κ3) is 2.74. The number of alkyl halides is 3. The molecule has 0 saturated heterocycles. The number of nitrogens with zero attached hydrogens (tertiary/aromatic N) is 1. The van der Waals surface area contributed by atoms with Crippen LogP contribution in [-0.2, 0) is 6.18 Å². The lowest BCUT2D eigenvalue weighted by Crippen LogP contribution is -2.12. The van der Waals surface area contributed by atoms with Gasteiger partial charge in [-0.15, -0.1) is 0 Å². The number of halogens is 3. The van der Waals surface area contributed by atoms with E-state index in [1.54, 1.807) is 6.07 Å². The molecule has 0 fully saturated rings. The molecule has 1 aromatic rings. The molecule has 0 radical (unpaired) electrons. The van der Waals surface area contributed by atoms with Crippen LogP contribution in [0, 0.1) is 11.3 Å². The largest absolute Gasteiger partial charge is 0.416 e. The van der Waals surface area contributed by atoms with Crippen molar-refractivity contribution in [2.24, 2.45) is 0 Å². The van der Waals surface area contributed by atoms with Crippen LogP contribution in [0.25, 0.3) is 0 Å². The van der Waals surface area contributed by atoms with Gasteiger partial charge in [0, 0.05) is 6.61 Å². The van der Waals surface area contributed by atoms with Crippen LogP contribution in [-0.4, -0.2) is 11.7 Å². The van der Waals surface area contributed by atoms with Crippen LogP contribution in [0.5, 0.6) is 0 Å². The molecule has 0 aliphatic heterocycles. The molecule has 1 rings (SSSR count). The summed E-state index contributed by atoms with van der Waals surface area (Å²) in [6.45, 7) is -0.315. The quantitative estimate of drug-likeness (QED) is 0.865. The molecule has 16 heavy (non-hydrogen) atoms. The zero-order valence-electron chi connectivity index (χ0n) is 8.33. The molecule has 1 atom stereocenters. The minimum atomic E-state index is -4.47. The maximum Gasteiger partial charge on any atom is 0.416 e. The standard InChI is InChI=1S/C11H10F3NO/c12-11(13,14)10-4-2-1-3-9(10)8(7-15)5-6-16/h1-4,8,16H,5-6H2. The maximum absolute atomic E-state index is 12.6. The summed E-state index contributed by atoms with van der Waals surface area (Å²) in [5.74, 6) is -0.928. The molecule has 0 aliphatic rings. The molecular weight excluding hydrogens is 219 g/mol. The van der Waals surface area contributed by atoms with E-state index in [4.69, 9.17) is 10.4 Å². The van der Waals surface area contributed by atoms with Gasteiger partial charge in [0.2, 0.25) is 0 Å². The van der Waals surface area contributed by atoms with Gasteiger partial charge in [0.15, 0.2) is 0 Å². The normalized spacial score (nSPS) is 13.2. The summed E-state index contributed by atoms with van der Waals surface area (Å²) < 4.78 is 37.8. The van der Waals surface area contributed by atoms with Crippen molar-refractivity contribution in [2.75, 3.05) is 6.61 Å². The SMILES string of the molecule is N#CC(CCO)c1ccccc1C(F)(F)F. The van der Waals surface area contributed by atoms with E-state index in [0.717, 1.165) is 6.07 Å². The molecule has 0 aliphatic carbocycles. The molecule has 1 aromatic carbocycles. The van der Waals surface area contributed by atoms with E-state index in [1.807, 2.05) is 0 Å². The van der Waals surface area contributed by atoms with Gasteiger partial charge in [0.25, 0.3) is 0 Å². The summed E-state index contributed by atoms with van der Waals surface area (Å²) in [6.07, 6.45) is -4.47. The van der Waals surface area contributed by atoms with E-state index in [0.29, 0.717) is 0 Å². The average molecular weight is 229 g/mol.